The summed E-state index contributed by atoms with van der Waals surface area (Å²) in [7, 11) is 0. The summed E-state index contributed by atoms with van der Waals surface area (Å²) in [5.74, 6) is -3.73. The van der Waals surface area contributed by atoms with Crippen LogP contribution in [-0.4, -0.2) is 72.6 Å². The fourth-order valence-electron chi connectivity index (χ4n) is 5.92. The smallest absolute Gasteiger partial charge is 0.407 e. The first-order chi connectivity index (χ1) is 22.9. The topological polar surface area (TPSA) is 206 Å². The van der Waals surface area contributed by atoms with E-state index >= 15 is 0 Å². The molecule has 13 nitrogen and oxygen atoms in total. The monoisotopic (exact) mass is 665 g/mol. The van der Waals surface area contributed by atoms with Gasteiger partial charge in [0.05, 0.1) is 6.04 Å². The largest absolute Gasteiger partial charge is 0.480 e. The predicted molar refractivity (Wildman–Crippen MR) is 179 cm³/mol. The lowest BCUT2D eigenvalue weighted by molar-refractivity contribution is -0.143. The van der Waals surface area contributed by atoms with Gasteiger partial charge >= 0.3 is 18.1 Å². The molecular weight excluding hydrogens is 618 g/mol. The van der Waals surface area contributed by atoms with E-state index in [0.717, 1.165) is 22.3 Å². The quantitative estimate of drug-likeness (QED) is 0.122. The molecule has 48 heavy (non-hydrogen) atoms. The zero-order valence-electron chi connectivity index (χ0n) is 27.8. The van der Waals surface area contributed by atoms with E-state index in [9.17, 15) is 33.9 Å². The van der Waals surface area contributed by atoms with E-state index in [0.29, 0.717) is 25.8 Å². The number of fused-ring (bicyclic) bond motifs is 3. The molecule has 0 spiro atoms. The molecule has 2 aromatic rings. The van der Waals surface area contributed by atoms with Crippen LogP contribution in [-0.2, 0) is 23.9 Å². The lowest BCUT2D eigenvalue weighted by atomic mass is 9.87. The van der Waals surface area contributed by atoms with Crippen molar-refractivity contribution < 1.29 is 38.6 Å². The fraction of sp³-hybridized carbons (Fsp3) is 0.486. The highest BCUT2D eigenvalue weighted by Gasteiger charge is 2.32. The SMILES string of the molecule is CC(=O)N[C@@H](CCCCNC(=O)OCC1c2ccccc2-c2ccccc21)C(=O)C[C@H](C(=O)N[C@@H](CCCNC(N)=O)C(=O)O)C(C)C. The molecule has 0 fully saturated rings. The molecule has 3 atom stereocenters. The van der Waals surface area contributed by atoms with Crippen molar-refractivity contribution in [3.8, 4) is 11.1 Å². The summed E-state index contributed by atoms with van der Waals surface area (Å²) in [6.45, 7) is 5.47. The zero-order valence-corrected chi connectivity index (χ0v) is 27.8. The maximum atomic E-state index is 13.3. The molecule has 0 saturated carbocycles. The summed E-state index contributed by atoms with van der Waals surface area (Å²) >= 11 is 0. The number of urea groups is 1. The second-order valence-electron chi connectivity index (χ2n) is 12.4. The Labute approximate surface area is 280 Å². The third-order valence-corrected chi connectivity index (χ3v) is 8.44. The number of carbonyl (C=O) groups is 6. The molecule has 0 unspecified atom stereocenters. The summed E-state index contributed by atoms with van der Waals surface area (Å²) in [6, 6.07) is 13.4. The van der Waals surface area contributed by atoms with E-state index in [1.807, 2.05) is 36.4 Å². The number of benzene rings is 2. The Morgan fingerprint density at radius 2 is 1.40 bits per heavy atom. The van der Waals surface area contributed by atoms with Gasteiger partial charge in [0.2, 0.25) is 11.8 Å². The van der Waals surface area contributed by atoms with Gasteiger partial charge in [-0.3, -0.25) is 14.4 Å². The minimum absolute atomic E-state index is 0.0510. The van der Waals surface area contributed by atoms with Crippen LogP contribution in [0.3, 0.4) is 0 Å². The Morgan fingerprint density at radius 1 is 0.812 bits per heavy atom. The molecule has 0 radical (unpaired) electrons. The third-order valence-electron chi connectivity index (χ3n) is 8.44. The molecule has 0 bridgehead atoms. The number of hydrogen-bond donors (Lipinski definition) is 6. The van der Waals surface area contributed by atoms with Crippen LogP contribution in [0, 0.1) is 11.8 Å². The third kappa shape index (κ3) is 11.1. The van der Waals surface area contributed by atoms with Crippen molar-refractivity contribution in [1.82, 2.24) is 21.3 Å². The lowest BCUT2D eigenvalue weighted by Crippen LogP contribution is -2.47. The standard InChI is InChI=1S/C35H47N5O8/c1-21(2)27(32(43)40-30(33(44)45)16-10-18-37-34(36)46)19-31(42)29(39-22(3)41)15-8-9-17-38-35(47)48-20-28-25-13-6-4-11-23(25)24-12-5-7-14-26(24)28/h4-7,11-14,21,27-30H,8-10,15-20H2,1-3H3,(H,38,47)(H,39,41)(H,40,43)(H,44,45)(H3,36,37,46)/t27-,29-,30-/m0/s1. The van der Waals surface area contributed by atoms with E-state index in [-0.39, 0.29) is 50.0 Å². The molecule has 7 N–H and O–H groups in total. The number of carboxylic acid groups (broad SMARTS) is 1. The number of nitrogens with two attached hydrogens (primary N) is 1. The van der Waals surface area contributed by atoms with E-state index in [4.69, 9.17) is 10.5 Å². The number of carboxylic acids is 1. The highest BCUT2D eigenvalue weighted by molar-refractivity contribution is 5.93. The van der Waals surface area contributed by atoms with E-state index in [1.54, 1.807) is 13.8 Å². The summed E-state index contributed by atoms with van der Waals surface area (Å²) in [5, 5.41) is 19.9. The average molecular weight is 666 g/mol. The number of rotatable bonds is 19. The van der Waals surface area contributed by atoms with Crippen LogP contribution in [0.4, 0.5) is 9.59 Å². The first-order valence-corrected chi connectivity index (χ1v) is 16.3. The van der Waals surface area contributed by atoms with Gasteiger partial charge in [0.1, 0.15) is 12.6 Å². The normalized spacial score (nSPS) is 13.8. The van der Waals surface area contributed by atoms with E-state index in [2.05, 4.69) is 33.4 Å². The number of alkyl carbamates (subject to hydrolysis) is 1. The second kappa shape index (κ2) is 18.4. The number of nitrogens with one attached hydrogen (secondary N) is 4. The van der Waals surface area contributed by atoms with Crippen LogP contribution in [0.25, 0.3) is 11.1 Å². The molecule has 0 saturated heterocycles. The predicted octanol–water partition coefficient (Wildman–Crippen LogP) is 3.45. The Hall–Kier alpha value is -4.94. The van der Waals surface area contributed by atoms with Crippen LogP contribution >= 0.6 is 0 Å². The molecule has 5 amide bonds. The maximum absolute atomic E-state index is 13.3. The Balaban J connectivity index is 1.46. The van der Waals surface area contributed by atoms with Crippen molar-refractivity contribution in [2.75, 3.05) is 19.7 Å². The van der Waals surface area contributed by atoms with Gasteiger partial charge in [-0.05, 0) is 60.3 Å². The van der Waals surface area contributed by atoms with Crippen LogP contribution in [0.1, 0.15) is 76.3 Å². The average Bonchev–Trinajstić information content (AvgIpc) is 3.36. The fourth-order valence-corrected chi connectivity index (χ4v) is 5.92. The summed E-state index contributed by atoms with van der Waals surface area (Å²) < 4.78 is 5.57. The number of primary amides is 1. The number of Topliss-reactive ketones (excluding diaryl/α,β-unsaturated/α-hetero) is 1. The van der Waals surface area contributed by atoms with Crippen molar-refractivity contribution in [2.45, 2.75) is 77.3 Å². The number of ketones is 1. The van der Waals surface area contributed by atoms with Gasteiger partial charge in [-0.2, -0.15) is 0 Å². The second-order valence-corrected chi connectivity index (χ2v) is 12.4. The highest BCUT2D eigenvalue weighted by atomic mass is 16.5. The first-order valence-electron chi connectivity index (χ1n) is 16.3. The highest BCUT2D eigenvalue weighted by Crippen LogP contribution is 2.44. The van der Waals surface area contributed by atoms with Gasteiger partial charge in [-0.15, -0.1) is 0 Å². The van der Waals surface area contributed by atoms with Gasteiger partial charge in [-0.1, -0.05) is 62.4 Å². The van der Waals surface area contributed by atoms with Crippen LogP contribution < -0.4 is 27.0 Å². The van der Waals surface area contributed by atoms with Crippen molar-refractivity contribution in [2.24, 2.45) is 17.6 Å². The number of carbonyl (C=O) groups excluding carboxylic acids is 5. The molecule has 0 aliphatic heterocycles. The van der Waals surface area contributed by atoms with Crippen molar-refractivity contribution in [3.05, 3.63) is 59.7 Å². The molecule has 1 aliphatic rings. The molecule has 0 heterocycles. The molecule has 3 rings (SSSR count). The van der Waals surface area contributed by atoms with E-state index < -0.39 is 47.9 Å². The van der Waals surface area contributed by atoms with E-state index in [1.165, 1.54) is 6.92 Å². The summed E-state index contributed by atoms with van der Waals surface area (Å²) in [4.78, 5) is 73.4. The minimum atomic E-state index is -1.24. The number of hydrogen-bond acceptors (Lipinski definition) is 7. The van der Waals surface area contributed by atoms with Crippen molar-refractivity contribution in [1.29, 1.82) is 0 Å². The van der Waals surface area contributed by atoms with Gasteiger partial charge < -0.3 is 36.8 Å². The van der Waals surface area contributed by atoms with Gasteiger partial charge in [0, 0.05) is 38.3 Å². The number of ether oxygens (including phenoxy) is 1. The lowest BCUT2D eigenvalue weighted by Gasteiger charge is -2.25. The van der Waals surface area contributed by atoms with Crippen molar-refractivity contribution >= 4 is 35.7 Å². The van der Waals surface area contributed by atoms with Gasteiger partial charge in [0.15, 0.2) is 5.78 Å². The first kappa shape index (κ1) is 37.5. The van der Waals surface area contributed by atoms with Crippen molar-refractivity contribution in [3.63, 3.8) is 0 Å². The van der Waals surface area contributed by atoms with Crippen LogP contribution in [0.15, 0.2) is 48.5 Å². The maximum Gasteiger partial charge on any atom is 0.407 e. The number of unbranched alkanes of at least 4 members (excludes halogenated alkanes) is 1. The molecule has 1 aliphatic carbocycles. The zero-order chi connectivity index (χ0) is 35.2. The van der Waals surface area contributed by atoms with Gasteiger partial charge in [-0.25, -0.2) is 14.4 Å². The molecule has 0 aromatic heterocycles. The molecule has 260 valence electrons. The minimum Gasteiger partial charge on any atom is -0.480 e. The number of aliphatic carboxylic acids is 1. The summed E-state index contributed by atoms with van der Waals surface area (Å²) in [5.41, 5.74) is 9.54. The summed E-state index contributed by atoms with van der Waals surface area (Å²) in [6.07, 6.45) is 0.904. The molecular formula is C35H47N5O8. The van der Waals surface area contributed by atoms with Gasteiger partial charge in [0.25, 0.3) is 0 Å². The van der Waals surface area contributed by atoms with Crippen LogP contribution in [0.2, 0.25) is 0 Å². The Morgan fingerprint density at radius 3 is 1.96 bits per heavy atom. The number of amides is 5. The van der Waals surface area contributed by atoms with Crippen LogP contribution in [0.5, 0.6) is 0 Å². The Bertz CT molecular complexity index is 1420. The Kier molecular flexibility index (Phi) is 14.4. The molecule has 2 aromatic carbocycles. The molecule has 13 heteroatoms.